The highest BCUT2D eigenvalue weighted by molar-refractivity contribution is 6.00. The third kappa shape index (κ3) is 5.80. The number of nitrogens with zero attached hydrogens (tertiary/aromatic N) is 4. The van der Waals surface area contributed by atoms with Gasteiger partial charge in [0.05, 0.1) is 11.2 Å². The Bertz CT molecular complexity index is 2780. The molecule has 1 aliphatic carbocycles. The van der Waals surface area contributed by atoms with E-state index in [1.165, 1.54) is 22.3 Å². The summed E-state index contributed by atoms with van der Waals surface area (Å²) in [7, 11) is 0. The molecular weight excluding hydrogens is 669 g/mol. The van der Waals surface area contributed by atoms with Crippen LogP contribution < -0.4 is 0 Å². The topological polar surface area (TPSA) is 51.6 Å². The fourth-order valence-electron chi connectivity index (χ4n) is 8.05. The van der Waals surface area contributed by atoms with Crippen molar-refractivity contribution in [2.75, 3.05) is 0 Å². The molecule has 4 nitrogen and oxygen atoms in total. The second-order valence-corrected chi connectivity index (χ2v) is 14.7. The summed E-state index contributed by atoms with van der Waals surface area (Å²) < 4.78 is 0. The van der Waals surface area contributed by atoms with Crippen LogP contribution in [0, 0.1) is 0 Å². The van der Waals surface area contributed by atoms with Crippen LogP contribution in [0.3, 0.4) is 0 Å². The Morgan fingerprint density at radius 3 is 1.42 bits per heavy atom. The van der Waals surface area contributed by atoms with Crippen molar-refractivity contribution in [2.45, 2.75) is 19.3 Å². The van der Waals surface area contributed by atoms with Gasteiger partial charge in [-0.05, 0) is 74.8 Å². The lowest BCUT2D eigenvalue weighted by Gasteiger charge is -2.22. The van der Waals surface area contributed by atoms with Crippen molar-refractivity contribution >= 4 is 10.9 Å². The molecule has 10 rings (SSSR count). The van der Waals surface area contributed by atoms with Crippen LogP contribution in [0.1, 0.15) is 25.0 Å². The van der Waals surface area contributed by atoms with Gasteiger partial charge in [0.1, 0.15) is 0 Å². The standard InChI is InChI=1S/C51H36N4/c1-51(2)44-27-13-12-26-40(44)41-30-42-43(31-46(35-20-10-5-11-21-35)52-47(42)32-45(41)51)50-54-48(38-24-14-22-36(28-38)33-16-6-3-7-17-33)53-49(55-50)39-25-15-23-37(29-39)34-18-8-4-9-19-34/h3-32H,1-2H3. The Labute approximate surface area is 320 Å². The number of hydrogen-bond acceptors (Lipinski definition) is 4. The van der Waals surface area contributed by atoms with Crippen LogP contribution in [0.25, 0.3) is 89.7 Å². The number of benzene rings is 7. The summed E-state index contributed by atoms with van der Waals surface area (Å²) in [4.78, 5) is 21.1. The van der Waals surface area contributed by atoms with E-state index in [0.717, 1.165) is 61.1 Å². The molecule has 2 aromatic heterocycles. The number of rotatable bonds is 6. The van der Waals surface area contributed by atoms with Crippen molar-refractivity contribution in [3.63, 3.8) is 0 Å². The van der Waals surface area contributed by atoms with Crippen molar-refractivity contribution in [2.24, 2.45) is 0 Å². The predicted molar refractivity (Wildman–Crippen MR) is 225 cm³/mol. The summed E-state index contributed by atoms with van der Waals surface area (Å²) in [5, 5.41) is 1.00. The summed E-state index contributed by atoms with van der Waals surface area (Å²) in [6.45, 7) is 4.62. The normalized spacial score (nSPS) is 12.7. The first kappa shape index (κ1) is 32.6. The highest BCUT2D eigenvalue weighted by Gasteiger charge is 2.36. The third-order valence-corrected chi connectivity index (χ3v) is 10.9. The molecule has 4 heteroatoms. The summed E-state index contributed by atoms with van der Waals surface area (Å²) >= 11 is 0. The summed E-state index contributed by atoms with van der Waals surface area (Å²) in [6, 6.07) is 63.7. The van der Waals surface area contributed by atoms with E-state index < -0.39 is 0 Å². The minimum Gasteiger partial charge on any atom is -0.248 e. The maximum Gasteiger partial charge on any atom is 0.164 e. The lowest BCUT2D eigenvalue weighted by atomic mass is 9.82. The zero-order valence-corrected chi connectivity index (χ0v) is 30.6. The molecule has 0 unspecified atom stereocenters. The minimum absolute atomic E-state index is 0.161. The second-order valence-electron chi connectivity index (χ2n) is 14.7. The van der Waals surface area contributed by atoms with E-state index in [9.17, 15) is 0 Å². The van der Waals surface area contributed by atoms with Crippen LogP contribution in [0.4, 0.5) is 0 Å². The van der Waals surface area contributed by atoms with Gasteiger partial charge in [-0.2, -0.15) is 0 Å². The molecule has 0 saturated carbocycles. The Hall–Kier alpha value is -7.04. The molecule has 0 aliphatic heterocycles. The van der Waals surface area contributed by atoms with Crippen molar-refractivity contribution in [3.05, 3.63) is 193 Å². The molecule has 0 amide bonds. The van der Waals surface area contributed by atoms with Gasteiger partial charge in [-0.1, -0.05) is 166 Å². The molecule has 0 bridgehead atoms. The van der Waals surface area contributed by atoms with Crippen LogP contribution in [0.5, 0.6) is 0 Å². The van der Waals surface area contributed by atoms with E-state index in [1.807, 2.05) is 18.2 Å². The predicted octanol–water partition coefficient (Wildman–Crippen LogP) is 12.7. The highest BCUT2D eigenvalue weighted by atomic mass is 15.0. The van der Waals surface area contributed by atoms with Crippen molar-refractivity contribution in [1.82, 2.24) is 19.9 Å². The Morgan fingerprint density at radius 1 is 0.327 bits per heavy atom. The van der Waals surface area contributed by atoms with Gasteiger partial charge >= 0.3 is 0 Å². The van der Waals surface area contributed by atoms with Gasteiger partial charge in [-0.15, -0.1) is 0 Å². The molecule has 0 atom stereocenters. The quantitative estimate of drug-likeness (QED) is 0.173. The van der Waals surface area contributed by atoms with Crippen LogP contribution in [-0.4, -0.2) is 19.9 Å². The highest BCUT2D eigenvalue weighted by Crippen LogP contribution is 2.50. The number of fused-ring (bicyclic) bond motifs is 4. The number of hydrogen-bond donors (Lipinski definition) is 0. The lowest BCUT2D eigenvalue weighted by molar-refractivity contribution is 0.661. The van der Waals surface area contributed by atoms with E-state index in [2.05, 4.69) is 178 Å². The molecular formula is C51H36N4. The van der Waals surface area contributed by atoms with Crippen LogP contribution >= 0.6 is 0 Å². The number of aromatic nitrogens is 4. The van der Waals surface area contributed by atoms with Gasteiger partial charge in [0.25, 0.3) is 0 Å². The SMILES string of the molecule is CC1(C)c2ccccc2-c2cc3c(-c4nc(-c5cccc(-c6ccccc6)c5)nc(-c5cccc(-c6ccccc6)c5)n4)cc(-c4ccccc4)nc3cc21. The molecule has 0 N–H and O–H groups in total. The van der Waals surface area contributed by atoms with Crippen molar-refractivity contribution in [1.29, 1.82) is 0 Å². The zero-order chi connectivity index (χ0) is 36.9. The molecule has 0 saturated heterocycles. The largest absolute Gasteiger partial charge is 0.248 e. The molecule has 1 aliphatic rings. The van der Waals surface area contributed by atoms with E-state index in [-0.39, 0.29) is 5.41 Å². The third-order valence-electron chi connectivity index (χ3n) is 10.9. The first-order valence-corrected chi connectivity index (χ1v) is 18.7. The van der Waals surface area contributed by atoms with E-state index in [1.54, 1.807) is 0 Å². The Kier molecular flexibility index (Phi) is 7.77. The number of pyridine rings is 1. The molecule has 7 aromatic carbocycles. The first-order valence-electron chi connectivity index (χ1n) is 18.7. The van der Waals surface area contributed by atoms with Gasteiger partial charge in [-0.3, -0.25) is 0 Å². The Morgan fingerprint density at radius 2 is 0.818 bits per heavy atom. The van der Waals surface area contributed by atoms with Crippen molar-refractivity contribution < 1.29 is 0 Å². The zero-order valence-electron chi connectivity index (χ0n) is 30.6. The molecule has 0 spiro atoms. The monoisotopic (exact) mass is 704 g/mol. The van der Waals surface area contributed by atoms with E-state index in [4.69, 9.17) is 19.9 Å². The molecule has 0 fully saturated rings. The molecule has 9 aromatic rings. The van der Waals surface area contributed by atoms with Gasteiger partial charge in [0.2, 0.25) is 0 Å². The summed E-state index contributed by atoms with van der Waals surface area (Å²) in [6.07, 6.45) is 0. The fourth-order valence-corrected chi connectivity index (χ4v) is 8.05. The smallest absolute Gasteiger partial charge is 0.164 e. The summed E-state index contributed by atoms with van der Waals surface area (Å²) in [5.74, 6) is 1.83. The maximum atomic E-state index is 5.32. The van der Waals surface area contributed by atoms with Crippen LogP contribution in [0.2, 0.25) is 0 Å². The average Bonchev–Trinajstić information content (AvgIpc) is 3.48. The Balaban J connectivity index is 1.24. The van der Waals surface area contributed by atoms with Gasteiger partial charge in [-0.25, -0.2) is 19.9 Å². The van der Waals surface area contributed by atoms with Crippen LogP contribution in [-0.2, 0) is 5.41 Å². The van der Waals surface area contributed by atoms with Gasteiger partial charge in [0.15, 0.2) is 17.5 Å². The summed E-state index contributed by atoms with van der Waals surface area (Å²) in [5.41, 5.74) is 15.0. The fraction of sp³-hybridized carbons (Fsp3) is 0.0588. The van der Waals surface area contributed by atoms with E-state index >= 15 is 0 Å². The minimum atomic E-state index is -0.161. The van der Waals surface area contributed by atoms with Gasteiger partial charge < -0.3 is 0 Å². The second kappa shape index (κ2) is 13.1. The lowest BCUT2D eigenvalue weighted by Crippen LogP contribution is -2.14. The maximum absolute atomic E-state index is 5.32. The molecule has 55 heavy (non-hydrogen) atoms. The molecule has 260 valence electrons. The molecule has 0 radical (unpaired) electrons. The van der Waals surface area contributed by atoms with Gasteiger partial charge in [0, 0.05) is 33.1 Å². The first-order chi connectivity index (χ1) is 27.0. The van der Waals surface area contributed by atoms with Crippen molar-refractivity contribution in [3.8, 4) is 78.8 Å². The molecule has 2 heterocycles. The van der Waals surface area contributed by atoms with E-state index in [0.29, 0.717) is 17.5 Å². The average molecular weight is 705 g/mol. The van der Waals surface area contributed by atoms with Crippen LogP contribution in [0.15, 0.2) is 182 Å².